The van der Waals surface area contributed by atoms with Gasteiger partial charge in [-0.15, -0.1) is 0 Å². The number of aliphatic hydroxyl groups is 12. The minimum absolute atomic E-state index is 0.296. The van der Waals surface area contributed by atoms with Crippen LogP contribution in [0.3, 0.4) is 0 Å². The molecule has 0 spiro atoms. The summed E-state index contributed by atoms with van der Waals surface area (Å²) >= 11 is 0. The Morgan fingerprint density at radius 2 is 0.945 bits per heavy atom. The fourth-order valence-electron chi connectivity index (χ4n) is 6.71. The van der Waals surface area contributed by atoms with E-state index in [9.17, 15) is 56.2 Å². The smallest absolute Gasteiger partial charge is 0.187 e. The van der Waals surface area contributed by atoms with Gasteiger partial charge in [-0.3, -0.25) is 0 Å². The third kappa shape index (κ3) is 11.9. The summed E-state index contributed by atoms with van der Waals surface area (Å²) in [7, 11) is 2.50. The molecule has 4 fully saturated rings. The van der Waals surface area contributed by atoms with Crippen LogP contribution in [0.4, 0.5) is 0 Å². The van der Waals surface area contributed by atoms with E-state index in [2.05, 4.69) is 6.92 Å². The van der Waals surface area contributed by atoms with Crippen LogP contribution < -0.4 is 0 Å². The quantitative estimate of drug-likeness (QED) is 0.0650. The van der Waals surface area contributed by atoms with Gasteiger partial charge in [-0.25, -0.2) is 0 Å². The third-order valence-electron chi connectivity index (χ3n) is 9.83. The number of hydrogen-bond acceptors (Lipinski definition) is 22. The average molecular weight is 811 g/mol. The monoisotopic (exact) mass is 810 g/mol. The Balaban J connectivity index is 0.00000152. The molecule has 0 amide bonds. The molecule has 12 N–H and O–H groups in total. The zero-order chi connectivity index (χ0) is 41.0. The molecule has 22 nitrogen and oxygen atoms in total. The van der Waals surface area contributed by atoms with Crippen LogP contribution in [0.5, 0.6) is 0 Å². The topological polar surface area (TPSA) is 335 Å². The highest BCUT2D eigenvalue weighted by Crippen LogP contribution is 2.34. The van der Waals surface area contributed by atoms with E-state index in [-0.39, 0.29) is 6.61 Å². The normalized spacial score (nSPS) is 45.2. The van der Waals surface area contributed by atoms with Crippen molar-refractivity contribution in [2.75, 3.05) is 60.5 Å². The highest BCUT2D eigenvalue weighted by Gasteiger charge is 2.54. The number of hydrogen-bond donors (Lipinski definition) is 12. The third-order valence-corrected chi connectivity index (χ3v) is 9.83. The summed E-state index contributed by atoms with van der Waals surface area (Å²) in [5.74, 6) is 0. The van der Waals surface area contributed by atoms with Crippen molar-refractivity contribution < 1.29 is 109 Å². The van der Waals surface area contributed by atoms with Gasteiger partial charge < -0.3 is 109 Å². The van der Waals surface area contributed by atoms with Crippen LogP contribution in [-0.2, 0) is 47.4 Å². The predicted octanol–water partition coefficient (Wildman–Crippen LogP) is -6.58. The fraction of sp³-hybridized carbons (Fsp3) is 1.00. The minimum Gasteiger partial charge on any atom is -0.396 e. The Labute approximate surface area is 318 Å². The van der Waals surface area contributed by atoms with Gasteiger partial charge in [-0.05, 0) is 13.3 Å². The number of rotatable bonds is 17. The standard InChI is InChI=1S/C29H52O21.C4H10O/c1-10-15(34)16(35)24(13(8-33)45-10)49-28-20(39)18(37)25(50-29-26(43-5-4-30)21(40)23(42-3)12(7-32)47-29)14(48-28)9-44-27-19(38)17(36)22(41-2)11(6-31)46-27;1-2-3-4-5/h10-40H,4-9H2,1-3H3;5H,2-4H2,1H3. The molecule has 4 rings (SSSR count). The number of ether oxygens (including phenoxy) is 10. The van der Waals surface area contributed by atoms with Crippen LogP contribution >= 0.6 is 0 Å². The van der Waals surface area contributed by atoms with Crippen molar-refractivity contribution in [3.05, 3.63) is 0 Å². The van der Waals surface area contributed by atoms with Crippen LogP contribution in [0.2, 0.25) is 0 Å². The maximum absolute atomic E-state index is 11.4. The van der Waals surface area contributed by atoms with Gasteiger partial charge in [0.05, 0.1) is 45.7 Å². The van der Waals surface area contributed by atoms with Crippen molar-refractivity contribution >= 4 is 0 Å². The van der Waals surface area contributed by atoms with E-state index in [1.54, 1.807) is 0 Å². The van der Waals surface area contributed by atoms with Gasteiger partial charge >= 0.3 is 0 Å². The second-order valence-electron chi connectivity index (χ2n) is 13.6. The summed E-state index contributed by atoms with van der Waals surface area (Å²) in [4.78, 5) is 0. The molecule has 0 aromatic carbocycles. The van der Waals surface area contributed by atoms with Gasteiger partial charge in [-0.1, -0.05) is 13.3 Å². The van der Waals surface area contributed by atoms with Crippen molar-refractivity contribution in [1.82, 2.24) is 0 Å². The molecule has 4 heterocycles. The van der Waals surface area contributed by atoms with Gasteiger partial charge in [0, 0.05) is 20.8 Å². The summed E-state index contributed by atoms with van der Waals surface area (Å²) in [6.45, 7) is 0.518. The summed E-state index contributed by atoms with van der Waals surface area (Å²) in [6.07, 6.45) is -27.3. The maximum Gasteiger partial charge on any atom is 0.187 e. The van der Waals surface area contributed by atoms with E-state index in [0.717, 1.165) is 12.8 Å². The first-order chi connectivity index (χ1) is 26.3. The molecule has 20 unspecified atom stereocenters. The molecule has 0 saturated carbocycles. The van der Waals surface area contributed by atoms with E-state index in [4.69, 9.17) is 52.5 Å². The summed E-state index contributed by atoms with van der Waals surface area (Å²) in [5.41, 5.74) is 0. The van der Waals surface area contributed by atoms with Crippen LogP contribution in [0.15, 0.2) is 0 Å². The van der Waals surface area contributed by atoms with E-state index >= 15 is 0 Å². The lowest BCUT2D eigenvalue weighted by molar-refractivity contribution is -0.381. The first-order valence-electron chi connectivity index (χ1n) is 18.3. The maximum atomic E-state index is 11.4. The lowest BCUT2D eigenvalue weighted by Crippen LogP contribution is -2.67. The SMILES string of the molecule is CCCCO.COC1C(CO)OC(OCC2OC(OC3C(CO)OC(C)C(O)C3O)C(O)C(O)C2OC2OC(CO)C(OC)C(O)C2OCCO)C(O)C1O. The molecular weight excluding hydrogens is 748 g/mol. The Bertz CT molecular complexity index is 1040. The Kier molecular flexibility index (Phi) is 20.8. The van der Waals surface area contributed by atoms with Crippen LogP contribution in [0, 0.1) is 0 Å². The van der Waals surface area contributed by atoms with Gasteiger partial charge in [0.1, 0.15) is 97.7 Å². The van der Waals surface area contributed by atoms with Crippen LogP contribution in [0.25, 0.3) is 0 Å². The zero-order valence-corrected chi connectivity index (χ0v) is 31.4. The molecule has 20 atom stereocenters. The molecule has 0 aliphatic carbocycles. The Morgan fingerprint density at radius 1 is 0.473 bits per heavy atom. The van der Waals surface area contributed by atoms with Crippen molar-refractivity contribution in [2.24, 2.45) is 0 Å². The minimum atomic E-state index is -1.95. The molecule has 22 heteroatoms. The molecule has 4 aliphatic rings. The van der Waals surface area contributed by atoms with Crippen LogP contribution in [-0.4, -0.2) is 244 Å². The van der Waals surface area contributed by atoms with E-state index in [0.29, 0.717) is 6.61 Å². The number of aliphatic hydroxyl groups excluding tert-OH is 12. The predicted molar refractivity (Wildman–Crippen MR) is 180 cm³/mol. The Morgan fingerprint density at radius 3 is 1.47 bits per heavy atom. The molecule has 326 valence electrons. The largest absolute Gasteiger partial charge is 0.396 e. The molecule has 0 aromatic rings. The summed E-state index contributed by atoms with van der Waals surface area (Å²) in [6, 6.07) is 0. The van der Waals surface area contributed by atoms with Crippen molar-refractivity contribution in [2.45, 2.75) is 149 Å². The fourth-order valence-corrected chi connectivity index (χ4v) is 6.71. The van der Waals surface area contributed by atoms with E-state index in [1.807, 2.05) is 0 Å². The van der Waals surface area contributed by atoms with E-state index < -0.39 is 156 Å². The summed E-state index contributed by atoms with van der Waals surface area (Å²) < 4.78 is 56.4. The zero-order valence-electron chi connectivity index (χ0n) is 31.4. The lowest BCUT2D eigenvalue weighted by atomic mass is 9.94. The highest BCUT2D eigenvalue weighted by atomic mass is 16.8. The summed E-state index contributed by atoms with van der Waals surface area (Å²) in [5, 5.41) is 123. The van der Waals surface area contributed by atoms with Crippen molar-refractivity contribution in [1.29, 1.82) is 0 Å². The van der Waals surface area contributed by atoms with E-state index in [1.165, 1.54) is 21.1 Å². The molecule has 4 aliphatic heterocycles. The average Bonchev–Trinajstić information content (AvgIpc) is 3.18. The highest BCUT2D eigenvalue weighted by molar-refractivity contribution is 4.98. The number of unbranched alkanes of at least 4 members (excludes halogenated alkanes) is 1. The molecular formula is C33H62O22. The van der Waals surface area contributed by atoms with Crippen molar-refractivity contribution in [3.8, 4) is 0 Å². The van der Waals surface area contributed by atoms with Gasteiger partial charge in [-0.2, -0.15) is 0 Å². The van der Waals surface area contributed by atoms with Gasteiger partial charge in [0.25, 0.3) is 0 Å². The molecule has 0 radical (unpaired) electrons. The first-order valence-corrected chi connectivity index (χ1v) is 18.3. The van der Waals surface area contributed by atoms with Crippen molar-refractivity contribution in [3.63, 3.8) is 0 Å². The molecule has 0 bridgehead atoms. The van der Waals surface area contributed by atoms with Gasteiger partial charge in [0.15, 0.2) is 18.9 Å². The van der Waals surface area contributed by atoms with Crippen LogP contribution in [0.1, 0.15) is 26.7 Å². The lowest BCUT2D eigenvalue weighted by Gasteiger charge is -2.49. The molecule has 4 saturated heterocycles. The number of methoxy groups -OCH3 is 2. The first kappa shape index (κ1) is 48.5. The molecule has 0 aromatic heterocycles. The van der Waals surface area contributed by atoms with Gasteiger partial charge in [0.2, 0.25) is 0 Å². The second kappa shape index (κ2) is 23.6. The molecule has 55 heavy (non-hydrogen) atoms. The Hall–Kier alpha value is -0.880. The second-order valence-corrected chi connectivity index (χ2v) is 13.6.